The van der Waals surface area contributed by atoms with E-state index >= 15 is 0 Å². The quantitative estimate of drug-likeness (QED) is 0.509. The SMILES string of the molecule is COc1cc(F)cc(OC)c1NC(=O)c1ccc(Oc2cc3c(cc2C)CCC3(C)C)o1. The molecular formula is C25H26FNO5. The molecule has 0 unspecified atom stereocenters. The van der Waals surface area contributed by atoms with Crippen LogP contribution in [0.2, 0.25) is 0 Å². The topological polar surface area (TPSA) is 69.9 Å². The molecule has 2 aromatic carbocycles. The fourth-order valence-corrected chi connectivity index (χ4v) is 4.06. The number of fused-ring (bicyclic) bond motifs is 1. The van der Waals surface area contributed by atoms with Gasteiger partial charge in [0.05, 0.1) is 14.2 Å². The number of furan rings is 1. The summed E-state index contributed by atoms with van der Waals surface area (Å²) in [5.74, 6) is 0.110. The van der Waals surface area contributed by atoms with Gasteiger partial charge in [0, 0.05) is 18.2 Å². The molecule has 168 valence electrons. The summed E-state index contributed by atoms with van der Waals surface area (Å²) in [6.07, 6.45) is 2.16. The molecule has 1 heterocycles. The Morgan fingerprint density at radius 1 is 1.06 bits per heavy atom. The van der Waals surface area contributed by atoms with Crippen molar-refractivity contribution in [3.63, 3.8) is 0 Å². The molecule has 0 aliphatic heterocycles. The van der Waals surface area contributed by atoms with E-state index in [1.807, 2.05) is 6.92 Å². The van der Waals surface area contributed by atoms with Gasteiger partial charge in [0.25, 0.3) is 11.9 Å². The van der Waals surface area contributed by atoms with E-state index in [0.29, 0.717) is 5.75 Å². The van der Waals surface area contributed by atoms with Crippen molar-refractivity contribution in [3.8, 4) is 23.2 Å². The van der Waals surface area contributed by atoms with Crippen LogP contribution in [0.5, 0.6) is 23.2 Å². The van der Waals surface area contributed by atoms with Crippen LogP contribution in [0, 0.1) is 12.7 Å². The number of ether oxygens (including phenoxy) is 3. The zero-order valence-electron chi connectivity index (χ0n) is 18.8. The molecule has 1 aliphatic rings. The summed E-state index contributed by atoms with van der Waals surface area (Å²) >= 11 is 0. The first kappa shape index (κ1) is 21.7. The van der Waals surface area contributed by atoms with Crippen LogP contribution >= 0.6 is 0 Å². The monoisotopic (exact) mass is 439 g/mol. The molecule has 0 bridgehead atoms. The molecular weight excluding hydrogens is 413 g/mol. The molecule has 0 saturated carbocycles. The van der Waals surface area contributed by atoms with E-state index in [2.05, 4.69) is 31.3 Å². The van der Waals surface area contributed by atoms with Crippen LogP contribution in [0.25, 0.3) is 0 Å². The van der Waals surface area contributed by atoms with Gasteiger partial charge >= 0.3 is 0 Å². The van der Waals surface area contributed by atoms with Gasteiger partial charge in [0.1, 0.15) is 28.8 Å². The Labute approximate surface area is 186 Å². The van der Waals surface area contributed by atoms with Crippen LogP contribution in [0.1, 0.15) is 47.5 Å². The summed E-state index contributed by atoms with van der Waals surface area (Å²) < 4.78 is 35.6. The number of aryl methyl sites for hydroxylation is 2. The number of anilines is 1. The third-order valence-corrected chi connectivity index (χ3v) is 5.87. The summed E-state index contributed by atoms with van der Waals surface area (Å²) in [7, 11) is 2.76. The predicted octanol–water partition coefficient (Wildman–Crippen LogP) is 6.01. The lowest BCUT2D eigenvalue weighted by Gasteiger charge is -2.20. The van der Waals surface area contributed by atoms with Gasteiger partial charge in [-0.2, -0.15) is 0 Å². The zero-order chi connectivity index (χ0) is 23.0. The highest BCUT2D eigenvalue weighted by Crippen LogP contribution is 2.42. The lowest BCUT2D eigenvalue weighted by Crippen LogP contribution is -2.13. The Balaban J connectivity index is 1.55. The second-order valence-corrected chi connectivity index (χ2v) is 8.52. The summed E-state index contributed by atoms with van der Waals surface area (Å²) in [5, 5.41) is 2.65. The fraction of sp³-hybridized carbons (Fsp3) is 0.320. The van der Waals surface area contributed by atoms with Crippen molar-refractivity contribution in [2.24, 2.45) is 0 Å². The molecule has 0 radical (unpaired) electrons. The Hall–Kier alpha value is -3.48. The van der Waals surface area contributed by atoms with E-state index < -0.39 is 11.7 Å². The molecule has 0 saturated heterocycles. The molecule has 4 rings (SSSR count). The molecule has 1 amide bonds. The molecule has 32 heavy (non-hydrogen) atoms. The van der Waals surface area contributed by atoms with Gasteiger partial charge in [0.2, 0.25) is 0 Å². The Morgan fingerprint density at radius 2 is 1.75 bits per heavy atom. The minimum absolute atomic E-state index is 0.0348. The van der Waals surface area contributed by atoms with Gasteiger partial charge in [-0.1, -0.05) is 19.9 Å². The molecule has 7 heteroatoms. The first-order valence-electron chi connectivity index (χ1n) is 10.4. The predicted molar refractivity (Wildman–Crippen MR) is 119 cm³/mol. The Morgan fingerprint density at radius 3 is 2.41 bits per heavy atom. The van der Waals surface area contributed by atoms with E-state index in [0.717, 1.165) is 30.5 Å². The van der Waals surface area contributed by atoms with E-state index in [1.54, 1.807) is 6.07 Å². The number of hydrogen-bond donors (Lipinski definition) is 1. The number of amides is 1. The lowest BCUT2D eigenvalue weighted by atomic mass is 9.86. The maximum absolute atomic E-state index is 13.7. The molecule has 1 N–H and O–H groups in total. The highest BCUT2D eigenvalue weighted by Gasteiger charge is 2.31. The fourth-order valence-electron chi connectivity index (χ4n) is 4.06. The Kier molecular flexibility index (Phi) is 5.59. The number of methoxy groups -OCH3 is 2. The van der Waals surface area contributed by atoms with Gasteiger partial charge in [-0.05, 0) is 54.0 Å². The van der Waals surface area contributed by atoms with Crippen molar-refractivity contribution in [2.45, 2.75) is 39.0 Å². The normalized spacial score (nSPS) is 14.1. The van der Waals surface area contributed by atoms with Crippen molar-refractivity contribution >= 4 is 11.6 Å². The molecule has 0 fully saturated rings. The third kappa shape index (κ3) is 4.02. The standard InChI is InChI=1S/C25H26FNO5/c1-14-10-15-8-9-25(2,3)17(15)13-19(14)32-22-7-6-18(31-22)24(28)27-23-20(29-4)11-16(26)12-21(23)30-5/h6-7,10-13H,8-9H2,1-5H3,(H,27,28). The first-order chi connectivity index (χ1) is 15.2. The summed E-state index contributed by atoms with van der Waals surface area (Å²) in [6.45, 7) is 6.45. The van der Waals surface area contributed by atoms with Crippen LogP contribution in [-0.2, 0) is 11.8 Å². The van der Waals surface area contributed by atoms with Crippen molar-refractivity contribution in [3.05, 3.63) is 64.7 Å². The molecule has 0 atom stereocenters. The average molecular weight is 439 g/mol. The van der Waals surface area contributed by atoms with Gasteiger partial charge in [-0.25, -0.2) is 4.39 Å². The van der Waals surface area contributed by atoms with E-state index in [-0.39, 0.29) is 34.3 Å². The van der Waals surface area contributed by atoms with Crippen LogP contribution in [0.3, 0.4) is 0 Å². The van der Waals surface area contributed by atoms with Crippen molar-refractivity contribution in [1.29, 1.82) is 0 Å². The van der Waals surface area contributed by atoms with Crippen LogP contribution in [0.15, 0.2) is 40.8 Å². The lowest BCUT2D eigenvalue weighted by molar-refractivity contribution is 0.0991. The summed E-state index contributed by atoms with van der Waals surface area (Å²) in [5.41, 5.74) is 3.93. The van der Waals surface area contributed by atoms with Crippen molar-refractivity contribution in [1.82, 2.24) is 0 Å². The number of hydrogen-bond acceptors (Lipinski definition) is 5. The maximum Gasteiger partial charge on any atom is 0.291 e. The number of carbonyl (C=O) groups excluding carboxylic acids is 1. The molecule has 1 aliphatic carbocycles. The number of rotatable bonds is 6. The molecule has 1 aromatic heterocycles. The highest BCUT2D eigenvalue weighted by molar-refractivity contribution is 6.04. The number of carbonyl (C=O) groups is 1. The average Bonchev–Trinajstić information content (AvgIpc) is 3.33. The second-order valence-electron chi connectivity index (χ2n) is 8.52. The van der Waals surface area contributed by atoms with E-state index in [1.165, 1.54) is 31.4 Å². The Bertz CT molecular complexity index is 1160. The third-order valence-electron chi connectivity index (χ3n) is 5.87. The zero-order valence-corrected chi connectivity index (χ0v) is 18.8. The first-order valence-corrected chi connectivity index (χ1v) is 10.4. The minimum Gasteiger partial charge on any atom is -0.494 e. The smallest absolute Gasteiger partial charge is 0.291 e. The number of halogens is 1. The number of nitrogens with one attached hydrogen (secondary N) is 1. The maximum atomic E-state index is 13.7. The van der Waals surface area contributed by atoms with Crippen LogP contribution in [-0.4, -0.2) is 20.1 Å². The molecule has 6 nitrogen and oxygen atoms in total. The van der Waals surface area contributed by atoms with Crippen LogP contribution < -0.4 is 19.5 Å². The molecule has 0 spiro atoms. The van der Waals surface area contributed by atoms with Crippen molar-refractivity contribution < 1.29 is 27.8 Å². The van der Waals surface area contributed by atoms with Gasteiger partial charge in [-0.3, -0.25) is 4.79 Å². The highest BCUT2D eigenvalue weighted by atomic mass is 19.1. The van der Waals surface area contributed by atoms with Gasteiger partial charge in [0.15, 0.2) is 5.76 Å². The molecule has 3 aromatic rings. The van der Waals surface area contributed by atoms with E-state index in [9.17, 15) is 9.18 Å². The number of benzene rings is 2. The summed E-state index contributed by atoms with van der Waals surface area (Å²) in [6, 6.07) is 9.64. The van der Waals surface area contributed by atoms with Gasteiger partial charge in [-0.15, -0.1) is 0 Å². The van der Waals surface area contributed by atoms with Crippen molar-refractivity contribution in [2.75, 3.05) is 19.5 Å². The largest absolute Gasteiger partial charge is 0.494 e. The van der Waals surface area contributed by atoms with E-state index in [4.69, 9.17) is 18.6 Å². The summed E-state index contributed by atoms with van der Waals surface area (Å²) in [4.78, 5) is 12.7. The minimum atomic E-state index is -0.546. The second kappa shape index (κ2) is 8.22. The van der Waals surface area contributed by atoms with Gasteiger partial charge < -0.3 is 23.9 Å². The van der Waals surface area contributed by atoms with Crippen LogP contribution in [0.4, 0.5) is 10.1 Å².